The number of rotatable bonds is 0. The summed E-state index contributed by atoms with van der Waals surface area (Å²) >= 11 is 0. The lowest BCUT2D eigenvalue weighted by molar-refractivity contribution is -0.201. The fourth-order valence-electron chi connectivity index (χ4n) is 5.92. The summed E-state index contributed by atoms with van der Waals surface area (Å²) in [5, 5.41) is 10.4. The lowest BCUT2D eigenvalue weighted by atomic mass is 9.79. The standard InChI is InChI=1S/C11H14O2/c12-11-3-7-4-2-8(13-11)9-5(4)1-6(7)10(9)11/h4-10,12H,1-3H2/t4?,5?,6?,7?,8-,9?,10?,11+/m1/s1. The Morgan fingerprint density at radius 2 is 2.00 bits per heavy atom. The molecule has 5 aliphatic rings. The predicted molar refractivity (Wildman–Crippen MR) is 44.6 cm³/mol. The number of hydrogen-bond acceptors (Lipinski definition) is 2. The van der Waals surface area contributed by atoms with Crippen LogP contribution in [0.2, 0.25) is 0 Å². The Morgan fingerprint density at radius 3 is 2.92 bits per heavy atom. The second-order valence-electron chi connectivity index (χ2n) is 5.94. The van der Waals surface area contributed by atoms with Crippen LogP contribution < -0.4 is 0 Å². The molecule has 0 aromatic carbocycles. The largest absolute Gasteiger partial charge is 0.365 e. The molecule has 1 saturated heterocycles. The smallest absolute Gasteiger partial charge is 0.169 e. The van der Waals surface area contributed by atoms with Crippen LogP contribution in [-0.4, -0.2) is 17.0 Å². The van der Waals surface area contributed by atoms with E-state index in [9.17, 15) is 5.11 Å². The molecule has 0 aromatic rings. The van der Waals surface area contributed by atoms with Crippen LogP contribution in [0.4, 0.5) is 0 Å². The molecule has 4 aliphatic carbocycles. The molecule has 4 saturated carbocycles. The Morgan fingerprint density at radius 1 is 1.08 bits per heavy atom. The van der Waals surface area contributed by atoms with Gasteiger partial charge in [-0.05, 0) is 42.4 Å². The van der Waals surface area contributed by atoms with E-state index in [1.807, 2.05) is 0 Å². The van der Waals surface area contributed by atoms with E-state index in [4.69, 9.17) is 4.74 Å². The van der Waals surface area contributed by atoms with Crippen molar-refractivity contribution < 1.29 is 9.84 Å². The minimum atomic E-state index is -0.662. The van der Waals surface area contributed by atoms with Crippen molar-refractivity contribution in [3.8, 4) is 0 Å². The summed E-state index contributed by atoms with van der Waals surface area (Å²) in [5.41, 5.74) is 0. The van der Waals surface area contributed by atoms with Crippen molar-refractivity contribution in [1.82, 2.24) is 0 Å². The van der Waals surface area contributed by atoms with Crippen LogP contribution in [0.3, 0.4) is 0 Å². The summed E-state index contributed by atoms with van der Waals surface area (Å²) in [6.07, 6.45) is 4.11. The highest BCUT2D eigenvalue weighted by atomic mass is 16.6. The van der Waals surface area contributed by atoms with Gasteiger partial charge in [0.15, 0.2) is 5.79 Å². The molecular weight excluding hydrogens is 164 g/mol. The maximum atomic E-state index is 10.4. The Balaban J connectivity index is 1.86. The fraction of sp³-hybridized carbons (Fsp3) is 1.00. The van der Waals surface area contributed by atoms with E-state index in [1.165, 1.54) is 12.8 Å². The van der Waals surface area contributed by atoms with Crippen LogP contribution in [0.1, 0.15) is 19.3 Å². The molecule has 6 unspecified atom stereocenters. The van der Waals surface area contributed by atoms with Crippen LogP contribution >= 0.6 is 0 Å². The van der Waals surface area contributed by atoms with Crippen molar-refractivity contribution in [3.63, 3.8) is 0 Å². The van der Waals surface area contributed by atoms with Gasteiger partial charge in [0.05, 0.1) is 6.10 Å². The van der Waals surface area contributed by atoms with Crippen LogP contribution in [0.25, 0.3) is 0 Å². The quantitative estimate of drug-likeness (QED) is 0.599. The normalized spacial score (nSPS) is 80.5. The van der Waals surface area contributed by atoms with E-state index in [0.29, 0.717) is 12.0 Å². The molecule has 0 aromatic heterocycles. The second kappa shape index (κ2) is 1.49. The number of hydrogen-bond donors (Lipinski definition) is 1. The topological polar surface area (TPSA) is 29.5 Å². The zero-order valence-corrected chi connectivity index (χ0v) is 7.52. The van der Waals surface area contributed by atoms with Crippen molar-refractivity contribution in [2.75, 3.05) is 0 Å². The van der Waals surface area contributed by atoms with Crippen molar-refractivity contribution in [2.45, 2.75) is 31.2 Å². The predicted octanol–water partition coefficient (Wildman–Crippen LogP) is 0.996. The summed E-state index contributed by atoms with van der Waals surface area (Å²) < 4.78 is 5.87. The molecule has 0 spiro atoms. The molecule has 1 aliphatic heterocycles. The van der Waals surface area contributed by atoms with Gasteiger partial charge in [0.2, 0.25) is 0 Å². The van der Waals surface area contributed by atoms with Gasteiger partial charge < -0.3 is 9.84 Å². The fourth-order valence-corrected chi connectivity index (χ4v) is 5.92. The Kier molecular flexibility index (Phi) is 0.733. The van der Waals surface area contributed by atoms with Gasteiger partial charge in [0.25, 0.3) is 0 Å². The molecular formula is C11H14O2. The molecule has 1 N–H and O–H groups in total. The molecule has 0 radical (unpaired) electrons. The molecule has 5 fully saturated rings. The minimum Gasteiger partial charge on any atom is -0.365 e. The third kappa shape index (κ3) is 0.435. The van der Waals surface area contributed by atoms with E-state index >= 15 is 0 Å². The zero-order chi connectivity index (χ0) is 8.37. The summed E-state index contributed by atoms with van der Waals surface area (Å²) in [6.45, 7) is 0. The molecule has 13 heavy (non-hydrogen) atoms. The van der Waals surface area contributed by atoms with Crippen molar-refractivity contribution in [2.24, 2.45) is 35.5 Å². The molecule has 70 valence electrons. The van der Waals surface area contributed by atoms with Gasteiger partial charge in [0, 0.05) is 12.3 Å². The maximum Gasteiger partial charge on any atom is 0.169 e. The van der Waals surface area contributed by atoms with Gasteiger partial charge in [-0.2, -0.15) is 0 Å². The van der Waals surface area contributed by atoms with Crippen LogP contribution in [0.15, 0.2) is 0 Å². The monoisotopic (exact) mass is 178 g/mol. The number of aliphatic hydroxyl groups is 1. The summed E-state index contributed by atoms with van der Waals surface area (Å²) in [6, 6.07) is 0. The first-order valence-corrected chi connectivity index (χ1v) is 5.68. The molecule has 5 rings (SSSR count). The molecule has 2 nitrogen and oxygen atoms in total. The van der Waals surface area contributed by atoms with Crippen molar-refractivity contribution in [3.05, 3.63) is 0 Å². The second-order valence-corrected chi connectivity index (χ2v) is 5.94. The van der Waals surface area contributed by atoms with E-state index in [-0.39, 0.29) is 0 Å². The summed E-state index contributed by atoms with van der Waals surface area (Å²) in [5.74, 6) is 4.21. The van der Waals surface area contributed by atoms with E-state index in [2.05, 4.69) is 0 Å². The van der Waals surface area contributed by atoms with E-state index in [1.54, 1.807) is 0 Å². The lowest BCUT2D eigenvalue weighted by Crippen LogP contribution is -2.32. The molecule has 2 bridgehead atoms. The average molecular weight is 178 g/mol. The van der Waals surface area contributed by atoms with Crippen LogP contribution in [-0.2, 0) is 4.74 Å². The summed E-state index contributed by atoms with van der Waals surface area (Å²) in [4.78, 5) is 0. The summed E-state index contributed by atoms with van der Waals surface area (Å²) in [7, 11) is 0. The molecule has 0 amide bonds. The first kappa shape index (κ1) is 6.41. The van der Waals surface area contributed by atoms with E-state index < -0.39 is 5.79 Å². The Labute approximate surface area is 77.3 Å². The third-order valence-corrected chi connectivity index (χ3v) is 5.90. The SMILES string of the molecule is O[C@@]12CC3C4C[C@@H](O1)C1C4CC3C12. The Bertz CT molecular complexity index is 315. The first-order valence-electron chi connectivity index (χ1n) is 5.68. The number of fused-ring (bicyclic) bond motifs is 1. The first-order chi connectivity index (χ1) is 6.28. The van der Waals surface area contributed by atoms with Gasteiger partial charge in [0.1, 0.15) is 0 Å². The highest BCUT2D eigenvalue weighted by Crippen LogP contribution is 2.77. The van der Waals surface area contributed by atoms with Gasteiger partial charge in [-0.25, -0.2) is 0 Å². The highest BCUT2D eigenvalue weighted by Gasteiger charge is 2.78. The third-order valence-electron chi connectivity index (χ3n) is 5.90. The zero-order valence-electron chi connectivity index (χ0n) is 7.52. The van der Waals surface area contributed by atoms with Gasteiger partial charge in [-0.15, -0.1) is 0 Å². The average Bonchev–Trinajstić information content (AvgIpc) is 2.66. The Hall–Kier alpha value is -0.0800. The van der Waals surface area contributed by atoms with Crippen molar-refractivity contribution >= 4 is 0 Å². The molecule has 1 heterocycles. The van der Waals surface area contributed by atoms with Gasteiger partial charge in [-0.1, -0.05) is 0 Å². The van der Waals surface area contributed by atoms with Crippen LogP contribution in [0, 0.1) is 35.5 Å². The lowest BCUT2D eigenvalue weighted by Gasteiger charge is -2.25. The highest BCUT2D eigenvalue weighted by molar-refractivity contribution is 5.23. The van der Waals surface area contributed by atoms with Gasteiger partial charge in [-0.3, -0.25) is 0 Å². The van der Waals surface area contributed by atoms with Crippen molar-refractivity contribution in [1.29, 1.82) is 0 Å². The molecule has 8 atom stereocenters. The van der Waals surface area contributed by atoms with Crippen LogP contribution in [0.5, 0.6) is 0 Å². The molecule has 2 heteroatoms. The maximum absolute atomic E-state index is 10.4. The number of ether oxygens (including phenoxy) is 1. The van der Waals surface area contributed by atoms with Gasteiger partial charge >= 0.3 is 0 Å². The van der Waals surface area contributed by atoms with E-state index in [0.717, 1.165) is 36.0 Å². The minimum absolute atomic E-state index is 0.447.